The Kier molecular flexibility index (Phi) is 3.90. The number of para-hydroxylation sites is 5. The van der Waals surface area contributed by atoms with Gasteiger partial charge in [-0.25, -0.2) is 4.98 Å². The maximum absolute atomic E-state index is 5.31. The van der Waals surface area contributed by atoms with Crippen molar-refractivity contribution in [1.29, 1.82) is 0 Å². The molecule has 0 unspecified atom stereocenters. The van der Waals surface area contributed by atoms with Gasteiger partial charge in [0, 0.05) is 49.0 Å². The van der Waals surface area contributed by atoms with E-state index in [0.717, 1.165) is 33.4 Å². The Hall–Kier alpha value is -5.61. The zero-order chi connectivity index (χ0) is 26.7. The van der Waals surface area contributed by atoms with Crippen molar-refractivity contribution in [2.24, 2.45) is 0 Å². The van der Waals surface area contributed by atoms with Gasteiger partial charge >= 0.3 is 0 Å². The predicted octanol–water partition coefficient (Wildman–Crippen LogP) is 9.53. The molecule has 0 fully saturated rings. The van der Waals surface area contributed by atoms with Crippen LogP contribution in [0.25, 0.3) is 87.7 Å². The molecule has 6 aromatic carbocycles. The van der Waals surface area contributed by atoms with Crippen LogP contribution in [0.1, 0.15) is 0 Å². The van der Waals surface area contributed by atoms with E-state index in [1.54, 1.807) is 0 Å². The lowest BCUT2D eigenvalue weighted by atomic mass is 9.97. The number of aromatic amines is 1. The number of aromatic nitrogens is 4. The smallest absolute Gasteiger partial charge is 0.147 e. The summed E-state index contributed by atoms with van der Waals surface area (Å²) in [6.45, 7) is 0. The van der Waals surface area contributed by atoms with E-state index in [-0.39, 0.29) is 0 Å². The SMILES string of the molecule is c1ccc(-n2c3ccccc3c3c4c(ccc32)c2c3c(ccc2n2c5ccccc5nc42)[nH]c2ccccc23)cc1. The van der Waals surface area contributed by atoms with Crippen LogP contribution < -0.4 is 0 Å². The van der Waals surface area contributed by atoms with Crippen molar-refractivity contribution in [1.82, 2.24) is 18.9 Å². The summed E-state index contributed by atoms with van der Waals surface area (Å²) in [7, 11) is 0. The highest BCUT2D eigenvalue weighted by Gasteiger charge is 2.22. The van der Waals surface area contributed by atoms with Crippen LogP contribution in [0.2, 0.25) is 0 Å². The fourth-order valence-corrected chi connectivity index (χ4v) is 7.18. The summed E-state index contributed by atoms with van der Waals surface area (Å²) in [5.74, 6) is 0. The summed E-state index contributed by atoms with van der Waals surface area (Å²) in [6, 6.07) is 45.7. The Balaban J connectivity index is 1.57. The van der Waals surface area contributed by atoms with Crippen molar-refractivity contribution in [2.75, 3.05) is 0 Å². The maximum Gasteiger partial charge on any atom is 0.147 e. The highest BCUT2D eigenvalue weighted by atomic mass is 15.0. The van der Waals surface area contributed by atoms with Gasteiger partial charge in [0.2, 0.25) is 0 Å². The lowest BCUT2D eigenvalue weighted by molar-refractivity contribution is 1.18. The Bertz CT molecular complexity index is 2690. The minimum Gasteiger partial charge on any atom is -0.354 e. The molecule has 0 aliphatic carbocycles. The third kappa shape index (κ3) is 2.62. The van der Waals surface area contributed by atoms with Crippen LogP contribution in [0.4, 0.5) is 0 Å². The van der Waals surface area contributed by atoms with Gasteiger partial charge in [-0.3, -0.25) is 4.40 Å². The number of pyridine rings is 1. The first kappa shape index (κ1) is 21.2. The topological polar surface area (TPSA) is 38.0 Å². The molecule has 0 atom stereocenters. The first-order valence-electron chi connectivity index (χ1n) is 14.0. The summed E-state index contributed by atoms with van der Waals surface area (Å²) in [5, 5.41) is 8.64. The number of benzene rings is 6. The third-order valence-electron chi connectivity index (χ3n) is 8.80. The highest BCUT2D eigenvalue weighted by molar-refractivity contribution is 6.35. The molecule has 4 aromatic heterocycles. The summed E-state index contributed by atoms with van der Waals surface area (Å²) >= 11 is 0. The average Bonchev–Trinajstić information content (AvgIpc) is 3.71. The normalized spacial score (nSPS) is 12.4. The summed E-state index contributed by atoms with van der Waals surface area (Å²) in [5.41, 5.74) is 10.1. The minimum atomic E-state index is 0.995. The van der Waals surface area contributed by atoms with E-state index in [1.807, 2.05) is 0 Å². The second-order valence-electron chi connectivity index (χ2n) is 10.9. The van der Waals surface area contributed by atoms with E-state index < -0.39 is 0 Å². The predicted molar refractivity (Wildman–Crippen MR) is 171 cm³/mol. The van der Waals surface area contributed by atoms with Crippen molar-refractivity contribution >= 4 is 82.0 Å². The number of hydrogen-bond acceptors (Lipinski definition) is 1. The molecule has 190 valence electrons. The molecule has 41 heavy (non-hydrogen) atoms. The molecule has 0 aliphatic heterocycles. The molecular weight excluding hydrogens is 500 g/mol. The fraction of sp³-hybridized carbons (Fsp3) is 0. The standard InChI is InChI=1S/C37H22N4/c1-2-10-22(11-3-1)40-29-16-8-5-13-24(29)34-31(40)20-18-25-35-32(21-19-28-33(35)23-12-4-6-14-26(23)38-28)41-30-17-9-7-15-27(30)39-37(41)36(25)34/h1-21,38H. The molecule has 0 saturated heterocycles. The number of hydrogen-bond donors (Lipinski definition) is 1. The van der Waals surface area contributed by atoms with Gasteiger partial charge in [-0.05, 0) is 60.0 Å². The zero-order valence-electron chi connectivity index (χ0n) is 22.0. The monoisotopic (exact) mass is 522 g/mol. The molecule has 10 rings (SSSR count). The molecular formula is C37H22N4. The largest absolute Gasteiger partial charge is 0.354 e. The van der Waals surface area contributed by atoms with Crippen LogP contribution in [0.15, 0.2) is 127 Å². The Morgan fingerprint density at radius 1 is 0.439 bits per heavy atom. The molecule has 0 amide bonds. The van der Waals surface area contributed by atoms with Crippen LogP contribution in [0.3, 0.4) is 0 Å². The Morgan fingerprint density at radius 2 is 1.15 bits per heavy atom. The van der Waals surface area contributed by atoms with E-state index in [4.69, 9.17) is 4.98 Å². The van der Waals surface area contributed by atoms with Crippen LogP contribution >= 0.6 is 0 Å². The number of H-pyrrole nitrogens is 1. The van der Waals surface area contributed by atoms with Gasteiger partial charge in [0.05, 0.1) is 27.6 Å². The number of imidazole rings is 1. The van der Waals surface area contributed by atoms with Gasteiger partial charge in [-0.15, -0.1) is 0 Å². The zero-order valence-corrected chi connectivity index (χ0v) is 22.0. The lowest BCUT2D eigenvalue weighted by Gasteiger charge is -2.13. The first-order chi connectivity index (χ1) is 20.4. The molecule has 10 aromatic rings. The van der Waals surface area contributed by atoms with Gasteiger partial charge in [-0.2, -0.15) is 0 Å². The lowest BCUT2D eigenvalue weighted by Crippen LogP contribution is -1.95. The van der Waals surface area contributed by atoms with E-state index in [0.29, 0.717) is 0 Å². The van der Waals surface area contributed by atoms with Crippen LogP contribution in [0, 0.1) is 0 Å². The minimum absolute atomic E-state index is 0.995. The van der Waals surface area contributed by atoms with Crippen LogP contribution in [-0.4, -0.2) is 18.9 Å². The second kappa shape index (κ2) is 7.52. The number of nitrogens with one attached hydrogen (secondary N) is 1. The number of fused-ring (bicyclic) bond motifs is 16. The Morgan fingerprint density at radius 3 is 2.05 bits per heavy atom. The first-order valence-corrected chi connectivity index (χ1v) is 14.0. The van der Waals surface area contributed by atoms with E-state index in [1.165, 1.54) is 54.3 Å². The van der Waals surface area contributed by atoms with Gasteiger partial charge in [-0.1, -0.05) is 72.8 Å². The van der Waals surface area contributed by atoms with Gasteiger partial charge in [0.1, 0.15) is 5.65 Å². The molecule has 4 heteroatoms. The van der Waals surface area contributed by atoms with Gasteiger partial charge in [0.25, 0.3) is 0 Å². The van der Waals surface area contributed by atoms with E-state index >= 15 is 0 Å². The van der Waals surface area contributed by atoms with Crippen molar-refractivity contribution in [2.45, 2.75) is 0 Å². The summed E-state index contributed by atoms with van der Waals surface area (Å²) < 4.78 is 4.77. The fourth-order valence-electron chi connectivity index (χ4n) is 7.18. The van der Waals surface area contributed by atoms with Gasteiger partial charge < -0.3 is 9.55 Å². The Labute approximate surface area is 233 Å². The average molecular weight is 523 g/mol. The molecule has 0 bridgehead atoms. The van der Waals surface area contributed by atoms with Crippen LogP contribution in [-0.2, 0) is 0 Å². The van der Waals surface area contributed by atoms with Crippen molar-refractivity contribution in [3.05, 3.63) is 127 Å². The summed E-state index contributed by atoms with van der Waals surface area (Å²) in [6.07, 6.45) is 0. The molecule has 4 heterocycles. The second-order valence-corrected chi connectivity index (χ2v) is 10.9. The molecule has 1 N–H and O–H groups in total. The van der Waals surface area contributed by atoms with Crippen molar-refractivity contribution in [3.63, 3.8) is 0 Å². The molecule has 0 spiro atoms. The van der Waals surface area contributed by atoms with Gasteiger partial charge in [0.15, 0.2) is 0 Å². The van der Waals surface area contributed by atoms with Crippen molar-refractivity contribution < 1.29 is 0 Å². The summed E-state index contributed by atoms with van der Waals surface area (Å²) in [4.78, 5) is 8.99. The highest BCUT2D eigenvalue weighted by Crippen LogP contribution is 2.44. The van der Waals surface area contributed by atoms with Crippen molar-refractivity contribution in [3.8, 4) is 5.69 Å². The maximum atomic E-state index is 5.31. The van der Waals surface area contributed by atoms with Crippen LogP contribution in [0.5, 0.6) is 0 Å². The molecule has 0 saturated carbocycles. The molecule has 0 aliphatic rings. The quantitative estimate of drug-likeness (QED) is 0.214. The number of nitrogens with zero attached hydrogens (tertiary/aromatic N) is 3. The molecule has 0 radical (unpaired) electrons. The van der Waals surface area contributed by atoms with E-state index in [2.05, 4.69) is 141 Å². The number of rotatable bonds is 1. The third-order valence-corrected chi connectivity index (χ3v) is 8.80. The van der Waals surface area contributed by atoms with E-state index in [9.17, 15) is 0 Å². The molecule has 4 nitrogen and oxygen atoms in total.